The third kappa shape index (κ3) is 4.38. The number of phenolic OH excluding ortho intramolecular Hbond substituents is 1. The van der Waals surface area contributed by atoms with Crippen molar-refractivity contribution in [1.82, 2.24) is 0 Å². The van der Waals surface area contributed by atoms with Crippen LogP contribution in [0.2, 0.25) is 0 Å². The summed E-state index contributed by atoms with van der Waals surface area (Å²) in [5.74, 6) is 0.570. The molecule has 3 aromatic rings. The highest BCUT2D eigenvalue weighted by atomic mass is 16.5. The Morgan fingerprint density at radius 2 is 1.36 bits per heavy atom. The Bertz CT molecular complexity index is 829. The maximum atomic E-state index is 11.3. The average Bonchev–Trinajstić information content (AvgIpc) is 2.66. The maximum absolute atomic E-state index is 11.3. The zero-order valence-electron chi connectivity index (χ0n) is 13.6. The van der Waals surface area contributed by atoms with Gasteiger partial charge in [-0.25, -0.2) is 0 Å². The minimum Gasteiger partial charge on any atom is -0.507 e. The standard InChI is InChI=1S/C21H18O4/c22-13-19-20(23)11-18(24-14-16-7-3-1-4-8-16)12-21(19)25-15-17-9-5-2-6-10-17/h1-13,23H,14-15H2. The fourth-order valence-corrected chi connectivity index (χ4v) is 2.38. The molecule has 3 aromatic carbocycles. The van der Waals surface area contributed by atoms with Gasteiger partial charge in [-0.3, -0.25) is 4.79 Å². The van der Waals surface area contributed by atoms with E-state index in [0.29, 0.717) is 31.0 Å². The van der Waals surface area contributed by atoms with Crippen molar-refractivity contribution in [3.63, 3.8) is 0 Å². The molecule has 4 heteroatoms. The lowest BCUT2D eigenvalue weighted by Crippen LogP contribution is -2.00. The summed E-state index contributed by atoms with van der Waals surface area (Å²) in [6.45, 7) is 0.655. The van der Waals surface area contributed by atoms with Gasteiger partial charge in [-0.1, -0.05) is 60.7 Å². The Labute approximate surface area is 146 Å². The van der Waals surface area contributed by atoms with Crippen LogP contribution in [0, 0.1) is 0 Å². The van der Waals surface area contributed by atoms with Gasteiger partial charge in [0.25, 0.3) is 0 Å². The first-order valence-corrected chi connectivity index (χ1v) is 7.92. The molecule has 0 saturated heterocycles. The van der Waals surface area contributed by atoms with Gasteiger partial charge in [0.05, 0.1) is 5.56 Å². The Hall–Kier alpha value is -3.27. The van der Waals surface area contributed by atoms with E-state index in [0.717, 1.165) is 11.1 Å². The first-order valence-electron chi connectivity index (χ1n) is 7.92. The van der Waals surface area contributed by atoms with Gasteiger partial charge in [-0.05, 0) is 11.1 Å². The Kier molecular flexibility index (Phi) is 5.32. The van der Waals surface area contributed by atoms with E-state index >= 15 is 0 Å². The van der Waals surface area contributed by atoms with Crippen LogP contribution in [-0.2, 0) is 13.2 Å². The zero-order valence-corrected chi connectivity index (χ0v) is 13.6. The monoisotopic (exact) mass is 334 g/mol. The summed E-state index contributed by atoms with van der Waals surface area (Å²) in [5.41, 5.74) is 2.09. The molecule has 0 heterocycles. The van der Waals surface area contributed by atoms with E-state index in [4.69, 9.17) is 9.47 Å². The Morgan fingerprint density at radius 1 is 0.800 bits per heavy atom. The predicted octanol–water partition coefficient (Wildman–Crippen LogP) is 4.36. The topological polar surface area (TPSA) is 55.8 Å². The highest BCUT2D eigenvalue weighted by Crippen LogP contribution is 2.33. The van der Waals surface area contributed by atoms with Crippen molar-refractivity contribution in [2.45, 2.75) is 13.2 Å². The van der Waals surface area contributed by atoms with Gasteiger partial charge in [-0.2, -0.15) is 0 Å². The highest BCUT2D eigenvalue weighted by Gasteiger charge is 2.12. The first-order chi connectivity index (χ1) is 12.3. The van der Waals surface area contributed by atoms with E-state index < -0.39 is 0 Å². The molecular formula is C21H18O4. The summed E-state index contributed by atoms with van der Waals surface area (Å²) in [4.78, 5) is 11.3. The number of aromatic hydroxyl groups is 1. The van der Waals surface area contributed by atoms with Gasteiger partial charge in [0.15, 0.2) is 6.29 Å². The molecule has 0 aliphatic rings. The largest absolute Gasteiger partial charge is 0.507 e. The molecule has 0 fully saturated rings. The van der Waals surface area contributed by atoms with Gasteiger partial charge in [-0.15, -0.1) is 0 Å². The average molecular weight is 334 g/mol. The zero-order chi connectivity index (χ0) is 17.5. The molecule has 1 N–H and O–H groups in total. The summed E-state index contributed by atoms with van der Waals surface area (Å²) in [6.07, 6.45) is 0.580. The first kappa shape index (κ1) is 16.6. The van der Waals surface area contributed by atoms with Crippen LogP contribution in [0.5, 0.6) is 17.2 Å². The highest BCUT2D eigenvalue weighted by molar-refractivity contribution is 5.84. The van der Waals surface area contributed by atoms with Gasteiger partial charge in [0.2, 0.25) is 0 Å². The number of carbonyl (C=O) groups excluding carboxylic acids is 1. The molecule has 0 unspecified atom stereocenters. The van der Waals surface area contributed by atoms with E-state index in [2.05, 4.69) is 0 Å². The molecule has 25 heavy (non-hydrogen) atoms. The lowest BCUT2D eigenvalue weighted by atomic mass is 10.1. The van der Waals surface area contributed by atoms with Crippen LogP contribution in [-0.4, -0.2) is 11.4 Å². The van der Waals surface area contributed by atoms with Crippen molar-refractivity contribution in [3.8, 4) is 17.2 Å². The number of ether oxygens (including phenoxy) is 2. The molecule has 0 saturated carbocycles. The fourth-order valence-electron chi connectivity index (χ4n) is 2.38. The fraction of sp³-hybridized carbons (Fsp3) is 0.0952. The third-order valence-electron chi connectivity index (χ3n) is 3.70. The minimum atomic E-state index is -0.163. The van der Waals surface area contributed by atoms with Gasteiger partial charge in [0.1, 0.15) is 30.5 Å². The number of aldehydes is 1. The van der Waals surface area contributed by atoms with Crippen molar-refractivity contribution < 1.29 is 19.4 Å². The third-order valence-corrected chi connectivity index (χ3v) is 3.70. The minimum absolute atomic E-state index is 0.114. The van der Waals surface area contributed by atoms with Crippen LogP contribution in [0.25, 0.3) is 0 Å². The molecule has 0 aliphatic heterocycles. The molecule has 0 amide bonds. The SMILES string of the molecule is O=Cc1c(O)cc(OCc2ccccc2)cc1OCc1ccccc1. The molecule has 0 aromatic heterocycles. The quantitative estimate of drug-likeness (QED) is 0.652. The number of rotatable bonds is 7. The molecule has 0 atom stereocenters. The predicted molar refractivity (Wildman–Crippen MR) is 95.0 cm³/mol. The van der Waals surface area contributed by atoms with Gasteiger partial charge < -0.3 is 14.6 Å². The van der Waals surface area contributed by atoms with Crippen molar-refractivity contribution in [1.29, 1.82) is 0 Å². The molecule has 0 spiro atoms. The number of hydrogen-bond donors (Lipinski definition) is 1. The van der Waals surface area contributed by atoms with Crippen LogP contribution in [0.4, 0.5) is 0 Å². The Balaban J connectivity index is 1.76. The number of phenols is 1. The molecule has 0 radical (unpaired) electrons. The lowest BCUT2D eigenvalue weighted by Gasteiger charge is -2.13. The number of benzene rings is 3. The summed E-state index contributed by atoms with van der Waals surface area (Å²) in [5, 5.41) is 10.1. The normalized spacial score (nSPS) is 10.2. The summed E-state index contributed by atoms with van der Waals surface area (Å²) in [6, 6.07) is 22.3. The lowest BCUT2D eigenvalue weighted by molar-refractivity contribution is 0.111. The van der Waals surface area contributed by atoms with Gasteiger partial charge in [0, 0.05) is 12.1 Å². The molecule has 126 valence electrons. The molecule has 0 bridgehead atoms. The second-order valence-electron chi connectivity index (χ2n) is 5.52. The van der Waals surface area contributed by atoms with E-state index in [1.165, 1.54) is 6.07 Å². The maximum Gasteiger partial charge on any atom is 0.157 e. The van der Waals surface area contributed by atoms with Crippen LogP contribution in [0.3, 0.4) is 0 Å². The second-order valence-corrected chi connectivity index (χ2v) is 5.52. The van der Waals surface area contributed by atoms with Crippen molar-refractivity contribution >= 4 is 6.29 Å². The van der Waals surface area contributed by atoms with Gasteiger partial charge >= 0.3 is 0 Å². The summed E-state index contributed by atoms with van der Waals surface area (Å²) < 4.78 is 11.4. The molecule has 3 rings (SSSR count). The van der Waals surface area contributed by atoms with Crippen molar-refractivity contribution in [3.05, 3.63) is 89.5 Å². The molecule has 4 nitrogen and oxygen atoms in total. The molecular weight excluding hydrogens is 316 g/mol. The van der Waals surface area contributed by atoms with Crippen LogP contribution in [0.15, 0.2) is 72.8 Å². The Morgan fingerprint density at radius 3 is 1.92 bits per heavy atom. The van der Waals surface area contributed by atoms with Crippen LogP contribution < -0.4 is 9.47 Å². The van der Waals surface area contributed by atoms with E-state index in [1.54, 1.807) is 6.07 Å². The number of hydrogen-bond acceptors (Lipinski definition) is 4. The van der Waals surface area contributed by atoms with Crippen LogP contribution >= 0.6 is 0 Å². The number of carbonyl (C=O) groups is 1. The van der Waals surface area contributed by atoms with E-state index in [-0.39, 0.29) is 11.3 Å². The second kappa shape index (κ2) is 8.02. The van der Waals surface area contributed by atoms with E-state index in [9.17, 15) is 9.90 Å². The van der Waals surface area contributed by atoms with Crippen molar-refractivity contribution in [2.75, 3.05) is 0 Å². The van der Waals surface area contributed by atoms with Crippen molar-refractivity contribution in [2.24, 2.45) is 0 Å². The molecule has 0 aliphatic carbocycles. The summed E-state index contributed by atoms with van der Waals surface area (Å²) in [7, 11) is 0. The van der Waals surface area contributed by atoms with E-state index in [1.807, 2.05) is 60.7 Å². The smallest absolute Gasteiger partial charge is 0.157 e. The van der Waals surface area contributed by atoms with Crippen LogP contribution in [0.1, 0.15) is 21.5 Å². The summed E-state index contributed by atoms with van der Waals surface area (Å²) >= 11 is 0.